The van der Waals surface area contributed by atoms with Crippen molar-refractivity contribution in [3.8, 4) is 0 Å². The fourth-order valence-electron chi connectivity index (χ4n) is 1.01. The van der Waals surface area contributed by atoms with Crippen LogP contribution in [0.1, 0.15) is 6.92 Å². The lowest BCUT2D eigenvalue weighted by molar-refractivity contribution is -0.140. The van der Waals surface area contributed by atoms with Gasteiger partial charge in [0.05, 0.1) is 0 Å². The second-order valence-electron chi connectivity index (χ2n) is 2.86. The van der Waals surface area contributed by atoms with E-state index in [9.17, 15) is 18.0 Å². The minimum Gasteiger partial charge on any atom is -0.480 e. The maximum atomic E-state index is 11.8. The van der Waals surface area contributed by atoms with Crippen molar-refractivity contribution in [2.45, 2.75) is 11.1 Å². The van der Waals surface area contributed by atoms with E-state index in [0.29, 0.717) is 4.31 Å². The molecule has 16 heavy (non-hydrogen) atoms. The summed E-state index contributed by atoms with van der Waals surface area (Å²) in [6.07, 6.45) is 0. The van der Waals surface area contributed by atoms with Crippen LogP contribution in [0.25, 0.3) is 0 Å². The number of amides is 1. The average molecular weight is 263 g/mol. The number of hydrogen-bond donors (Lipinski definition) is 1. The van der Waals surface area contributed by atoms with Crippen LogP contribution < -0.4 is 0 Å². The highest BCUT2D eigenvalue weighted by molar-refractivity contribution is 7.91. The van der Waals surface area contributed by atoms with Gasteiger partial charge in [0, 0.05) is 6.92 Å². The number of carbonyl (C=O) groups excluding carboxylic acids is 1. The molecule has 0 fully saturated rings. The number of nitrogens with zero attached hydrogens (tertiary/aromatic N) is 1. The Labute approximate surface area is 96.2 Å². The monoisotopic (exact) mass is 263 g/mol. The summed E-state index contributed by atoms with van der Waals surface area (Å²) in [6.45, 7) is 0.143. The van der Waals surface area contributed by atoms with Gasteiger partial charge in [-0.25, -0.2) is 12.7 Å². The van der Waals surface area contributed by atoms with Crippen molar-refractivity contribution < 1.29 is 23.1 Å². The Hall–Kier alpha value is -1.41. The van der Waals surface area contributed by atoms with Crippen LogP contribution in [0.15, 0.2) is 21.7 Å². The molecular weight excluding hydrogens is 254 g/mol. The van der Waals surface area contributed by atoms with Crippen LogP contribution in [0.4, 0.5) is 0 Å². The molecule has 88 valence electrons. The molecule has 0 atom stereocenters. The third-order valence-corrected chi connectivity index (χ3v) is 4.86. The number of hydrogen-bond acceptors (Lipinski definition) is 5. The lowest BCUT2D eigenvalue weighted by Gasteiger charge is -2.17. The third kappa shape index (κ3) is 2.58. The normalized spacial score (nSPS) is 11.1. The SMILES string of the molecule is CC(=O)N(CC(=O)O)S(=O)(=O)c1cccs1. The predicted octanol–water partition coefficient (Wildman–Crippen LogP) is 0.370. The molecule has 1 aromatic rings. The van der Waals surface area contributed by atoms with E-state index in [0.717, 1.165) is 18.3 Å². The first-order valence-electron chi connectivity index (χ1n) is 4.14. The number of carboxylic acid groups (broad SMARTS) is 1. The lowest BCUT2D eigenvalue weighted by atomic mass is 10.6. The van der Waals surface area contributed by atoms with Gasteiger partial charge in [0.1, 0.15) is 10.8 Å². The Kier molecular flexibility index (Phi) is 3.66. The smallest absolute Gasteiger partial charge is 0.324 e. The summed E-state index contributed by atoms with van der Waals surface area (Å²) in [5.74, 6) is -2.20. The van der Waals surface area contributed by atoms with Gasteiger partial charge in [-0.15, -0.1) is 11.3 Å². The van der Waals surface area contributed by atoms with Gasteiger partial charge in [-0.3, -0.25) is 9.59 Å². The highest BCUT2D eigenvalue weighted by Crippen LogP contribution is 2.20. The maximum absolute atomic E-state index is 11.8. The summed E-state index contributed by atoms with van der Waals surface area (Å²) < 4.78 is 23.9. The number of rotatable bonds is 4. The molecule has 1 amide bonds. The average Bonchev–Trinajstić information content (AvgIpc) is 2.66. The topological polar surface area (TPSA) is 91.8 Å². The van der Waals surface area contributed by atoms with E-state index < -0.39 is 28.4 Å². The third-order valence-electron chi connectivity index (χ3n) is 1.67. The van der Waals surface area contributed by atoms with E-state index in [1.54, 1.807) is 0 Å². The molecule has 0 saturated heterocycles. The molecule has 0 aliphatic heterocycles. The van der Waals surface area contributed by atoms with E-state index in [2.05, 4.69) is 0 Å². The van der Waals surface area contributed by atoms with Gasteiger partial charge in [0.2, 0.25) is 5.91 Å². The van der Waals surface area contributed by atoms with Crippen LogP contribution in [0, 0.1) is 0 Å². The zero-order valence-electron chi connectivity index (χ0n) is 8.28. The molecule has 1 heterocycles. The molecule has 0 radical (unpaired) electrons. The molecule has 0 bridgehead atoms. The largest absolute Gasteiger partial charge is 0.480 e. The number of aliphatic carboxylic acids is 1. The molecule has 1 aromatic heterocycles. The maximum Gasteiger partial charge on any atom is 0.324 e. The van der Waals surface area contributed by atoms with Crippen molar-refractivity contribution >= 4 is 33.2 Å². The van der Waals surface area contributed by atoms with Crippen molar-refractivity contribution in [2.24, 2.45) is 0 Å². The van der Waals surface area contributed by atoms with Gasteiger partial charge in [-0.2, -0.15) is 0 Å². The molecule has 8 heteroatoms. The lowest BCUT2D eigenvalue weighted by Crippen LogP contribution is -2.38. The van der Waals surface area contributed by atoms with E-state index in [1.807, 2.05) is 0 Å². The van der Waals surface area contributed by atoms with E-state index in [-0.39, 0.29) is 4.21 Å². The molecule has 1 N–H and O–H groups in total. The van der Waals surface area contributed by atoms with Gasteiger partial charge < -0.3 is 5.11 Å². The Morgan fingerprint density at radius 2 is 2.12 bits per heavy atom. The van der Waals surface area contributed by atoms with Crippen LogP contribution in [-0.2, 0) is 19.6 Å². The van der Waals surface area contributed by atoms with Crippen LogP contribution in [0.2, 0.25) is 0 Å². The van der Waals surface area contributed by atoms with E-state index >= 15 is 0 Å². The Morgan fingerprint density at radius 1 is 1.50 bits per heavy atom. The second-order valence-corrected chi connectivity index (χ2v) is 5.89. The first-order chi connectivity index (χ1) is 7.35. The standard InChI is InChI=1S/C8H9NO5S2/c1-6(10)9(5-7(11)12)16(13,14)8-3-2-4-15-8/h2-4H,5H2,1H3,(H,11,12). The summed E-state index contributed by atoms with van der Waals surface area (Å²) >= 11 is 0.928. The second kappa shape index (κ2) is 4.62. The predicted molar refractivity (Wildman–Crippen MR) is 56.5 cm³/mol. The summed E-state index contributed by atoms with van der Waals surface area (Å²) in [6, 6.07) is 2.83. The van der Waals surface area contributed by atoms with Gasteiger partial charge in [0.25, 0.3) is 10.0 Å². The van der Waals surface area contributed by atoms with Gasteiger partial charge in [-0.1, -0.05) is 6.07 Å². The van der Waals surface area contributed by atoms with Crippen molar-refractivity contribution in [1.29, 1.82) is 0 Å². The fourth-order valence-corrected chi connectivity index (χ4v) is 3.47. The van der Waals surface area contributed by atoms with Crippen molar-refractivity contribution in [3.63, 3.8) is 0 Å². The molecule has 0 aliphatic carbocycles. The van der Waals surface area contributed by atoms with Crippen LogP contribution in [0.5, 0.6) is 0 Å². The Bertz CT molecular complexity index is 491. The van der Waals surface area contributed by atoms with Crippen molar-refractivity contribution in [1.82, 2.24) is 4.31 Å². The molecule has 0 unspecified atom stereocenters. The van der Waals surface area contributed by atoms with Crippen molar-refractivity contribution in [3.05, 3.63) is 17.5 Å². The molecular formula is C8H9NO5S2. The zero-order valence-corrected chi connectivity index (χ0v) is 9.92. The summed E-state index contributed by atoms with van der Waals surface area (Å²) in [4.78, 5) is 21.6. The molecule has 0 saturated carbocycles. The molecule has 0 aliphatic rings. The minimum absolute atomic E-state index is 0.0519. The molecule has 0 aromatic carbocycles. The van der Waals surface area contributed by atoms with E-state index in [4.69, 9.17) is 5.11 Å². The molecule has 6 nitrogen and oxygen atoms in total. The quantitative estimate of drug-likeness (QED) is 0.847. The highest BCUT2D eigenvalue weighted by Gasteiger charge is 2.29. The summed E-state index contributed by atoms with van der Waals surface area (Å²) in [5.41, 5.74) is 0. The zero-order chi connectivity index (χ0) is 12.3. The van der Waals surface area contributed by atoms with Gasteiger partial charge in [0.15, 0.2) is 0 Å². The Morgan fingerprint density at radius 3 is 2.50 bits per heavy atom. The first kappa shape index (κ1) is 12.7. The summed E-state index contributed by atoms with van der Waals surface area (Å²) in [7, 11) is -4.03. The number of sulfonamides is 1. The molecule has 0 spiro atoms. The minimum atomic E-state index is -4.03. The molecule has 1 rings (SSSR count). The Balaban J connectivity index is 3.13. The number of carboxylic acids is 1. The van der Waals surface area contributed by atoms with Crippen LogP contribution in [-0.4, -0.2) is 36.3 Å². The van der Waals surface area contributed by atoms with Gasteiger partial charge in [-0.05, 0) is 11.4 Å². The van der Waals surface area contributed by atoms with Gasteiger partial charge >= 0.3 is 5.97 Å². The summed E-state index contributed by atoms with van der Waals surface area (Å²) in [5, 5.41) is 10.1. The first-order valence-corrected chi connectivity index (χ1v) is 6.46. The highest BCUT2D eigenvalue weighted by atomic mass is 32.2. The van der Waals surface area contributed by atoms with Crippen molar-refractivity contribution in [2.75, 3.05) is 6.54 Å². The number of carbonyl (C=O) groups is 2. The van der Waals surface area contributed by atoms with Crippen LogP contribution >= 0.6 is 11.3 Å². The number of thiophene rings is 1. The van der Waals surface area contributed by atoms with E-state index in [1.165, 1.54) is 17.5 Å². The fraction of sp³-hybridized carbons (Fsp3) is 0.250. The van der Waals surface area contributed by atoms with Crippen LogP contribution in [0.3, 0.4) is 0 Å².